The average Bonchev–Trinajstić information content (AvgIpc) is 2.87. The first-order chi connectivity index (χ1) is 17.8. The lowest BCUT2D eigenvalue weighted by molar-refractivity contribution is -0.293. The average molecular weight is 551 g/mol. The summed E-state index contributed by atoms with van der Waals surface area (Å²) in [5, 5.41) is 62.3. The minimum Gasteiger partial charge on any atom is -0.388 e. The van der Waals surface area contributed by atoms with Gasteiger partial charge in [-0.25, -0.2) is 0 Å². The fourth-order valence-corrected chi connectivity index (χ4v) is 4.20. The van der Waals surface area contributed by atoms with Gasteiger partial charge in [-0.1, -0.05) is 6.58 Å². The fraction of sp³-hybridized carbons (Fsp3) is 0.880. The molecule has 0 aromatic carbocycles. The summed E-state index contributed by atoms with van der Waals surface area (Å²) in [5.41, 5.74) is 0.672. The molecule has 0 unspecified atom stereocenters. The molecule has 0 bridgehead atoms. The zero-order valence-electron chi connectivity index (χ0n) is 22.7. The van der Waals surface area contributed by atoms with Crippen molar-refractivity contribution >= 4 is 5.78 Å². The van der Waals surface area contributed by atoms with Crippen molar-refractivity contribution in [2.75, 3.05) is 32.8 Å². The first-order valence-corrected chi connectivity index (χ1v) is 13.1. The van der Waals surface area contributed by atoms with Crippen molar-refractivity contribution in [3.8, 4) is 0 Å². The highest BCUT2D eigenvalue weighted by Crippen LogP contribution is 2.23. The third kappa shape index (κ3) is 9.45. The molecular weight excluding hydrogens is 504 g/mol. The Balaban J connectivity index is 1.65. The minimum atomic E-state index is -1.37. The van der Waals surface area contributed by atoms with Crippen LogP contribution < -0.4 is 5.32 Å². The van der Waals surface area contributed by atoms with E-state index in [1.54, 1.807) is 13.8 Å². The van der Waals surface area contributed by atoms with Crippen LogP contribution in [0.5, 0.6) is 0 Å². The molecule has 38 heavy (non-hydrogen) atoms. The SMILES string of the molecule is C=C(CN(CC(=O)CCCO[C@@H]1O[C@@H](C)[C@@H](O)[C@@H](O)[C@@H]1O)C(C)C)NCCO[C@@H]1O[C@@H](C)[C@@H](O)[C@@H](O)[C@@H]1O. The van der Waals surface area contributed by atoms with E-state index < -0.39 is 61.4 Å². The molecule has 2 aliphatic heterocycles. The summed E-state index contributed by atoms with van der Waals surface area (Å²) in [6.07, 6.45) is -10.7. The van der Waals surface area contributed by atoms with Gasteiger partial charge in [-0.05, 0) is 34.1 Å². The summed E-state index contributed by atoms with van der Waals surface area (Å²) in [6.45, 7) is 12.4. The Morgan fingerprint density at radius 3 is 1.84 bits per heavy atom. The van der Waals surface area contributed by atoms with Crippen LogP contribution in [0, 0.1) is 0 Å². The van der Waals surface area contributed by atoms with Gasteiger partial charge in [0.2, 0.25) is 0 Å². The van der Waals surface area contributed by atoms with Gasteiger partial charge in [-0.3, -0.25) is 9.69 Å². The van der Waals surface area contributed by atoms with Gasteiger partial charge in [0.15, 0.2) is 12.6 Å². The van der Waals surface area contributed by atoms with Gasteiger partial charge in [0.25, 0.3) is 0 Å². The first kappa shape index (κ1) is 33.0. The number of Topliss-reactive ketones (excluding diaryl/α,β-unsaturated/α-hetero) is 1. The summed E-state index contributed by atoms with van der Waals surface area (Å²) >= 11 is 0. The van der Waals surface area contributed by atoms with Crippen molar-refractivity contribution in [2.45, 2.75) is 108 Å². The Bertz CT molecular complexity index is 686. The monoisotopic (exact) mass is 550 g/mol. The first-order valence-electron chi connectivity index (χ1n) is 13.1. The lowest BCUT2D eigenvalue weighted by Crippen LogP contribution is -2.57. The van der Waals surface area contributed by atoms with E-state index in [-0.39, 0.29) is 38.0 Å². The Hall–Kier alpha value is -1.23. The van der Waals surface area contributed by atoms with Crippen LogP contribution in [0.1, 0.15) is 40.5 Å². The molecular formula is C25H46N2O11. The maximum atomic E-state index is 12.5. The molecule has 0 aromatic rings. The largest absolute Gasteiger partial charge is 0.388 e. The summed E-state index contributed by atoms with van der Waals surface area (Å²) in [5.74, 6) is 0.00525. The summed E-state index contributed by atoms with van der Waals surface area (Å²) < 4.78 is 21.7. The van der Waals surface area contributed by atoms with E-state index >= 15 is 0 Å². The number of hydrogen-bond acceptors (Lipinski definition) is 13. The van der Waals surface area contributed by atoms with E-state index in [1.165, 1.54) is 0 Å². The number of carbonyl (C=O) groups is 1. The molecule has 0 radical (unpaired) electrons. The molecule has 2 fully saturated rings. The van der Waals surface area contributed by atoms with Crippen LogP contribution in [-0.4, -0.2) is 142 Å². The number of carbonyl (C=O) groups excluding carboxylic acids is 1. The van der Waals surface area contributed by atoms with E-state index in [0.717, 1.165) is 0 Å². The van der Waals surface area contributed by atoms with Crippen LogP contribution in [0.4, 0.5) is 0 Å². The molecule has 222 valence electrons. The highest BCUT2D eigenvalue weighted by atomic mass is 16.7. The number of hydrogen-bond donors (Lipinski definition) is 7. The van der Waals surface area contributed by atoms with Crippen LogP contribution in [0.25, 0.3) is 0 Å². The number of aliphatic hydroxyl groups is 6. The van der Waals surface area contributed by atoms with Gasteiger partial charge in [0.05, 0.1) is 32.0 Å². The van der Waals surface area contributed by atoms with Gasteiger partial charge in [-0.2, -0.15) is 0 Å². The Labute approximate surface area is 223 Å². The number of nitrogens with zero attached hydrogens (tertiary/aromatic N) is 1. The van der Waals surface area contributed by atoms with E-state index in [2.05, 4.69) is 11.9 Å². The van der Waals surface area contributed by atoms with Gasteiger partial charge in [0.1, 0.15) is 42.4 Å². The number of ether oxygens (including phenoxy) is 4. The minimum absolute atomic E-state index is 0.00525. The Kier molecular flexibility index (Phi) is 13.5. The maximum Gasteiger partial charge on any atom is 0.186 e. The number of aliphatic hydroxyl groups excluding tert-OH is 6. The van der Waals surface area contributed by atoms with Crippen molar-refractivity contribution in [3.05, 3.63) is 12.3 Å². The highest BCUT2D eigenvalue weighted by molar-refractivity contribution is 5.80. The predicted molar refractivity (Wildman–Crippen MR) is 135 cm³/mol. The van der Waals surface area contributed by atoms with Crippen LogP contribution in [-0.2, 0) is 23.7 Å². The van der Waals surface area contributed by atoms with Gasteiger partial charge in [-0.15, -0.1) is 0 Å². The second kappa shape index (κ2) is 15.5. The number of nitrogens with one attached hydrogen (secondary N) is 1. The van der Waals surface area contributed by atoms with Crippen LogP contribution in [0.2, 0.25) is 0 Å². The molecule has 13 nitrogen and oxygen atoms in total. The lowest BCUT2D eigenvalue weighted by Gasteiger charge is -2.38. The lowest BCUT2D eigenvalue weighted by atomic mass is 10.0. The molecule has 13 heteroatoms. The van der Waals surface area contributed by atoms with Crippen molar-refractivity contribution in [3.63, 3.8) is 0 Å². The van der Waals surface area contributed by atoms with E-state index in [1.807, 2.05) is 18.7 Å². The van der Waals surface area contributed by atoms with E-state index in [4.69, 9.17) is 18.9 Å². The molecule has 2 rings (SSSR count). The maximum absolute atomic E-state index is 12.5. The third-order valence-electron chi connectivity index (χ3n) is 6.76. The van der Waals surface area contributed by atoms with Gasteiger partial charge in [0, 0.05) is 31.2 Å². The molecule has 7 N–H and O–H groups in total. The van der Waals surface area contributed by atoms with Gasteiger partial charge < -0.3 is 54.9 Å². The predicted octanol–water partition coefficient (Wildman–Crippen LogP) is -2.16. The zero-order chi connectivity index (χ0) is 28.6. The van der Waals surface area contributed by atoms with Crippen LogP contribution in [0.15, 0.2) is 12.3 Å². The van der Waals surface area contributed by atoms with Crippen molar-refractivity contribution in [1.29, 1.82) is 0 Å². The second-order valence-corrected chi connectivity index (χ2v) is 10.3. The molecule has 2 saturated heterocycles. The van der Waals surface area contributed by atoms with Gasteiger partial charge >= 0.3 is 0 Å². The molecule has 10 atom stereocenters. The van der Waals surface area contributed by atoms with Crippen LogP contribution >= 0.6 is 0 Å². The van der Waals surface area contributed by atoms with E-state index in [9.17, 15) is 35.4 Å². The topological polar surface area (TPSA) is 191 Å². The smallest absolute Gasteiger partial charge is 0.186 e. The Morgan fingerprint density at radius 1 is 0.842 bits per heavy atom. The summed E-state index contributed by atoms with van der Waals surface area (Å²) in [4.78, 5) is 14.5. The van der Waals surface area contributed by atoms with Crippen LogP contribution in [0.3, 0.4) is 0 Å². The second-order valence-electron chi connectivity index (χ2n) is 10.3. The van der Waals surface area contributed by atoms with Crippen molar-refractivity contribution < 1.29 is 54.4 Å². The molecule has 2 heterocycles. The summed E-state index contributed by atoms with van der Waals surface area (Å²) in [7, 11) is 0. The quantitative estimate of drug-likeness (QED) is 0.109. The highest BCUT2D eigenvalue weighted by Gasteiger charge is 2.43. The standard InChI is InChI=1S/C25H46N2O11/c1-13(2)27(11-14(3)26-8-10-36-25-23(34)21(32)19(30)16(5)38-25)12-17(28)7-6-9-35-24-22(33)20(31)18(29)15(4)37-24/h13,15-16,18-26,29-34H,3,6-12H2,1-2,4-5H3/t15-,16-,18+,19+,20+,21+,22-,23-,24+,25+/m0/s1. The molecule has 0 amide bonds. The summed E-state index contributed by atoms with van der Waals surface area (Å²) in [6, 6.07) is 0.0744. The number of ketones is 1. The third-order valence-corrected chi connectivity index (χ3v) is 6.76. The fourth-order valence-electron chi connectivity index (χ4n) is 4.20. The molecule has 0 aliphatic carbocycles. The molecule has 2 aliphatic rings. The van der Waals surface area contributed by atoms with E-state index in [0.29, 0.717) is 25.2 Å². The molecule has 0 spiro atoms. The Morgan fingerprint density at radius 2 is 1.34 bits per heavy atom. The molecule has 0 saturated carbocycles. The number of rotatable bonds is 15. The normalized spacial score (nSPS) is 36.0. The van der Waals surface area contributed by atoms with Crippen molar-refractivity contribution in [1.82, 2.24) is 10.2 Å². The van der Waals surface area contributed by atoms with Crippen molar-refractivity contribution in [2.24, 2.45) is 0 Å². The molecule has 0 aromatic heterocycles. The zero-order valence-corrected chi connectivity index (χ0v) is 22.7.